The highest BCUT2D eigenvalue weighted by Gasteiger charge is 2.26. The molecule has 2 heterocycles. The molecule has 3 rings (SSSR count). The van der Waals surface area contributed by atoms with E-state index < -0.39 is 0 Å². The highest BCUT2D eigenvalue weighted by Crippen LogP contribution is 2.43. The molecule has 5 heteroatoms. The standard InChI is InChI=1S/C12H14ClNO3/c13-9-2-1-8(10-7-14-3-4-15-10)11-12(9)17-6-5-16-11/h1-2,10,14H,3-7H2. The number of morpholine rings is 1. The molecule has 17 heavy (non-hydrogen) atoms. The van der Waals surface area contributed by atoms with Crippen LogP contribution in [0.1, 0.15) is 11.7 Å². The average molecular weight is 256 g/mol. The lowest BCUT2D eigenvalue weighted by molar-refractivity contribution is 0.0245. The Labute approximate surface area is 105 Å². The van der Waals surface area contributed by atoms with E-state index in [4.69, 9.17) is 25.8 Å². The zero-order valence-corrected chi connectivity index (χ0v) is 10.1. The quantitative estimate of drug-likeness (QED) is 0.830. The molecule has 0 aromatic heterocycles. The van der Waals surface area contributed by atoms with Crippen LogP contribution in [0.3, 0.4) is 0 Å². The SMILES string of the molecule is Clc1ccc(C2CNCCO2)c2c1OCCO2. The van der Waals surface area contributed by atoms with Gasteiger partial charge in [0.05, 0.1) is 17.7 Å². The van der Waals surface area contributed by atoms with Crippen molar-refractivity contribution in [3.63, 3.8) is 0 Å². The van der Waals surface area contributed by atoms with Gasteiger partial charge in [0, 0.05) is 18.7 Å². The first-order valence-electron chi connectivity index (χ1n) is 5.76. The summed E-state index contributed by atoms with van der Waals surface area (Å²) in [7, 11) is 0. The largest absolute Gasteiger partial charge is 0.486 e. The number of fused-ring (bicyclic) bond motifs is 1. The van der Waals surface area contributed by atoms with Gasteiger partial charge in [0.25, 0.3) is 0 Å². The number of rotatable bonds is 1. The van der Waals surface area contributed by atoms with Gasteiger partial charge in [0.15, 0.2) is 11.5 Å². The van der Waals surface area contributed by atoms with Crippen LogP contribution < -0.4 is 14.8 Å². The van der Waals surface area contributed by atoms with Gasteiger partial charge in [0.2, 0.25) is 0 Å². The Bertz CT molecular complexity index is 418. The second-order valence-electron chi connectivity index (χ2n) is 4.06. The fourth-order valence-corrected chi connectivity index (χ4v) is 2.35. The van der Waals surface area contributed by atoms with E-state index in [1.165, 1.54) is 0 Å². The van der Waals surface area contributed by atoms with Gasteiger partial charge in [-0.05, 0) is 6.07 Å². The summed E-state index contributed by atoms with van der Waals surface area (Å²) < 4.78 is 17.0. The Morgan fingerprint density at radius 3 is 2.71 bits per heavy atom. The summed E-state index contributed by atoms with van der Waals surface area (Å²) in [6.45, 7) is 3.49. The van der Waals surface area contributed by atoms with Gasteiger partial charge in [-0.1, -0.05) is 17.7 Å². The Morgan fingerprint density at radius 2 is 1.94 bits per heavy atom. The van der Waals surface area contributed by atoms with Gasteiger partial charge in [-0.15, -0.1) is 0 Å². The molecule has 0 radical (unpaired) electrons. The van der Waals surface area contributed by atoms with E-state index in [0.717, 1.165) is 24.4 Å². The van der Waals surface area contributed by atoms with Crippen LogP contribution in [-0.2, 0) is 4.74 Å². The molecule has 0 aliphatic carbocycles. The zero-order valence-electron chi connectivity index (χ0n) is 9.37. The van der Waals surface area contributed by atoms with Crippen molar-refractivity contribution in [1.29, 1.82) is 0 Å². The second-order valence-corrected chi connectivity index (χ2v) is 4.46. The van der Waals surface area contributed by atoms with E-state index in [0.29, 0.717) is 30.6 Å². The summed E-state index contributed by atoms with van der Waals surface area (Å²) in [6, 6.07) is 3.79. The van der Waals surface area contributed by atoms with Crippen LogP contribution in [0.15, 0.2) is 12.1 Å². The van der Waals surface area contributed by atoms with Crippen LogP contribution in [0.25, 0.3) is 0 Å². The lowest BCUT2D eigenvalue weighted by Crippen LogP contribution is -2.34. The third-order valence-electron chi connectivity index (χ3n) is 2.95. The molecule has 1 aromatic rings. The predicted octanol–water partition coefficient (Wildman–Crippen LogP) is 1.77. The molecule has 92 valence electrons. The zero-order chi connectivity index (χ0) is 11.7. The summed E-state index contributed by atoms with van der Waals surface area (Å²) in [4.78, 5) is 0. The van der Waals surface area contributed by atoms with Crippen LogP contribution in [0.2, 0.25) is 5.02 Å². The summed E-state index contributed by atoms with van der Waals surface area (Å²) >= 11 is 6.09. The molecule has 1 fully saturated rings. The number of nitrogens with one attached hydrogen (secondary N) is 1. The highest BCUT2D eigenvalue weighted by molar-refractivity contribution is 6.32. The van der Waals surface area contributed by atoms with Crippen LogP contribution >= 0.6 is 11.6 Å². The van der Waals surface area contributed by atoms with Crippen molar-refractivity contribution in [1.82, 2.24) is 5.32 Å². The van der Waals surface area contributed by atoms with Crippen LogP contribution in [0.4, 0.5) is 0 Å². The van der Waals surface area contributed by atoms with Crippen molar-refractivity contribution in [2.45, 2.75) is 6.10 Å². The summed E-state index contributed by atoms with van der Waals surface area (Å²) in [6.07, 6.45) is 0.0106. The summed E-state index contributed by atoms with van der Waals surface area (Å²) in [5.74, 6) is 1.38. The molecule has 0 spiro atoms. The van der Waals surface area contributed by atoms with Crippen molar-refractivity contribution >= 4 is 11.6 Å². The van der Waals surface area contributed by atoms with Gasteiger partial charge in [0.1, 0.15) is 13.2 Å². The smallest absolute Gasteiger partial charge is 0.180 e. The molecule has 1 atom stereocenters. The molecule has 1 saturated heterocycles. The number of benzene rings is 1. The molecule has 2 aliphatic heterocycles. The topological polar surface area (TPSA) is 39.7 Å². The maximum absolute atomic E-state index is 6.09. The van der Waals surface area contributed by atoms with Crippen LogP contribution in [0.5, 0.6) is 11.5 Å². The monoisotopic (exact) mass is 255 g/mol. The van der Waals surface area contributed by atoms with Gasteiger partial charge < -0.3 is 19.5 Å². The van der Waals surface area contributed by atoms with Gasteiger partial charge >= 0.3 is 0 Å². The average Bonchev–Trinajstić information content (AvgIpc) is 2.41. The number of halogens is 1. The minimum atomic E-state index is 0.0106. The summed E-state index contributed by atoms with van der Waals surface area (Å²) in [5.41, 5.74) is 1.01. The maximum atomic E-state index is 6.09. The Morgan fingerprint density at radius 1 is 1.12 bits per heavy atom. The highest BCUT2D eigenvalue weighted by atomic mass is 35.5. The van der Waals surface area contributed by atoms with Crippen molar-refractivity contribution < 1.29 is 14.2 Å². The first-order chi connectivity index (χ1) is 8.36. The van der Waals surface area contributed by atoms with E-state index in [2.05, 4.69) is 5.32 Å². The van der Waals surface area contributed by atoms with Gasteiger partial charge in [-0.25, -0.2) is 0 Å². The molecular formula is C12H14ClNO3. The number of hydrogen-bond acceptors (Lipinski definition) is 4. The van der Waals surface area contributed by atoms with E-state index in [1.54, 1.807) is 0 Å². The summed E-state index contributed by atoms with van der Waals surface area (Å²) in [5, 5.41) is 3.89. The van der Waals surface area contributed by atoms with Crippen LogP contribution in [-0.4, -0.2) is 32.9 Å². The molecule has 1 aromatic carbocycles. The molecule has 2 aliphatic rings. The number of ether oxygens (including phenoxy) is 3. The molecule has 4 nitrogen and oxygen atoms in total. The van der Waals surface area contributed by atoms with Gasteiger partial charge in [-0.2, -0.15) is 0 Å². The fourth-order valence-electron chi connectivity index (χ4n) is 2.14. The van der Waals surface area contributed by atoms with Crippen molar-refractivity contribution in [2.24, 2.45) is 0 Å². The first kappa shape index (κ1) is 11.1. The number of hydrogen-bond donors (Lipinski definition) is 1. The van der Waals surface area contributed by atoms with Crippen molar-refractivity contribution in [2.75, 3.05) is 32.9 Å². The second kappa shape index (κ2) is 4.72. The van der Waals surface area contributed by atoms with Crippen LogP contribution in [0, 0.1) is 0 Å². The van der Waals surface area contributed by atoms with E-state index in [9.17, 15) is 0 Å². The molecule has 1 unspecified atom stereocenters. The third-order valence-corrected chi connectivity index (χ3v) is 3.24. The Kier molecular flexibility index (Phi) is 3.09. The fraction of sp³-hybridized carbons (Fsp3) is 0.500. The van der Waals surface area contributed by atoms with E-state index in [1.807, 2.05) is 12.1 Å². The molecule has 0 bridgehead atoms. The third kappa shape index (κ3) is 2.08. The van der Waals surface area contributed by atoms with E-state index >= 15 is 0 Å². The van der Waals surface area contributed by atoms with Crippen molar-refractivity contribution in [3.8, 4) is 11.5 Å². The Balaban J connectivity index is 1.98. The minimum Gasteiger partial charge on any atom is -0.486 e. The predicted molar refractivity (Wildman–Crippen MR) is 64.0 cm³/mol. The van der Waals surface area contributed by atoms with Crippen molar-refractivity contribution in [3.05, 3.63) is 22.7 Å². The maximum Gasteiger partial charge on any atom is 0.180 e. The first-order valence-corrected chi connectivity index (χ1v) is 6.14. The lowest BCUT2D eigenvalue weighted by Gasteiger charge is -2.28. The van der Waals surface area contributed by atoms with Gasteiger partial charge in [-0.3, -0.25) is 0 Å². The molecular weight excluding hydrogens is 242 g/mol. The molecule has 1 N–H and O–H groups in total. The lowest BCUT2D eigenvalue weighted by atomic mass is 10.1. The van der Waals surface area contributed by atoms with E-state index in [-0.39, 0.29) is 6.10 Å². The Hall–Kier alpha value is -0.970. The minimum absolute atomic E-state index is 0.0106. The molecule has 0 saturated carbocycles. The molecule has 0 amide bonds. The normalized spacial score (nSPS) is 23.5.